The Balaban J connectivity index is 1.70. The summed E-state index contributed by atoms with van der Waals surface area (Å²) in [5.74, 6) is 0.228. The second-order valence-corrected chi connectivity index (χ2v) is 5.00. The lowest BCUT2D eigenvalue weighted by Gasteiger charge is -2.32. The van der Waals surface area contributed by atoms with E-state index >= 15 is 0 Å². The molecule has 100 valence electrons. The molecule has 2 N–H and O–H groups in total. The minimum Gasteiger partial charge on any atom is -0.506 e. The second-order valence-electron chi connectivity index (χ2n) is 5.00. The van der Waals surface area contributed by atoms with Crippen LogP contribution in [0, 0.1) is 0 Å². The van der Waals surface area contributed by atoms with Crippen LogP contribution in [-0.2, 0) is 6.54 Å². The Morgan fingerprint density at radius 2 is 2.17 bits per heavy atom. The molecule has 4 heteroatoms. The van der Waals surface area contributed by atoms with Gasteiger partial charge in [-0.1, -0.05) is 6.92 Å². The van der Waals surface area contributed by atoms with Crippen LogP contribution in [0.25, 0.3) is 0 Å². The number of hydrogen-bond donors (Lipinski definition) is 2. The number of aromatic nitrogens is 1. The quantitative estimate of drug-likeness (QED) is 0.834. The maximum atomic E-state index is 9.16. The number of aromatic hydroxyl groups is 1. The van der Waals surface area contributed by atoms with E-state index in [-0.39, 0.29) is 5.75 Å². The van der Waals surface area contributed by atoms with Crippen LogP contribution in [0.4, 0.5) is 0 Å². The lowest BCUT2D eigenvalue weighted by molar-refractivity contribution is 0.197. The monoisotopic (exact) mass is 249 g/mol. The highest BCUT2D eigenvalue weighted by atomic mass is 16.3. The minimum atomic E-state index is 0.228. The molecule has 1 aromatic heterocycles. The molecule has 1 aliphatic rings. The molecule has 0 amide bonds. The van der Waals surface area contributed by atoms with E-state index < -0.39 is 0 Å². The van der Waals surface area contributed by atoms with E-state index in [0.717, 1.165) is 12.2 Å². The zero-order valence-corrected chi connectivity index (χ0v) is 11.1. The highest BCUT2D eigenvalue weighted by Gasteiger charge is 2.17. The molecule has 0 saturated carbocycles. The van der Waals surface area contributed by atoms with Gasteiger partial charge in [0.1, 0.15) is 5.75 Å². The van der Waals surface area contributed by atoms with E-state index in [4.69, 9.17) is 5.11 Å². The van der Waals surface area contributed by atoms with Gasteiger partial charge in [0.05, 0.1) is 11.9 Å². The van der Waals surface area contributed by atoms with Gasteiger partial charge in [-0.15, -0.1) is 0 Å². The number of pyridine rings is 1. The smallest absolute Gasteiger partial charge is 0.133 e. The van der Waals surface area contributed by atoms with Gasteiger partial charge in [-0.05, 0) is 51.0 Å². The maximum Gasteiger partial charge on any atom is 0.133 e. The van der Waals surface area contributed by atoms with Crippen LogP contribution >= 0.6 is 0 Å². The van der Waals surface area contributed by atoms with Crippen LogP contribution < -0.4 is 5.32 Å². The summed E-state index contributed by atoms with van der Waals surface area (Å²) < 4.78 is 0. The summed E-state index contributed by atoms with van der Waals surface area (Å²) in [5.41, 5.74) is 0.990. The lowest BCUT2D eigenvalue weighted by atomic mass is 10.0. The van der Waals surface area contributed by atoms with Crippen LogP contribution in [-0.4, -0.2) is 40.7 Å². The predicted octanol–water partition coefficient (Wildman–Crippen LogP) is 1.75. The molecule has 2 rings (SSSR count). The Hall–Kier alpha value is -1.13. The summed E-state index contributed by atoms with van der Waals surface area (Å²) in [6.07, 6.45) is 5.19. The summed E-state index contributed by atoms with van der Waals surface area (Å²) in [4.78, 5) is 6.72. The van der Waals surface area contributed by atoms with Crippen LogP contribution in [0.5, 0.6) is 5.75 Å². The van der Waals surface area contributed by atoms with E-state index in [9.17, 15) is 0 Å². The van der Waals surface area contributed by atoms with Crippen molar-refractivity contribution in [3.8, 4) is 5.75 Å². The van der Waals surface area contributed by atoms with Crippen molar-refractivity contribution in [1.29, 1.82) is 0 Å². The first kappa shape index (κ1) is 13.3. The van der Waals surface area contributed by atoms with Crippen LogP contribution in [0.15, 0.2) is 18.3 Å². The van der Waals surface area contributed by atoms with Crippen molar-refractivity contribution in [3.63, 3.8) is 0 Å². The SMILES string of the molecule is CCCN1CCC(NCc2ccc(O)cn2)CC1. The molecule has 0 bridgehead atoms. The number of likely N-dealkylation sites (tertiary alicyclic amines) is 1. The van der Waals surface area contributed by atoms with Gasteiger partial charge in [0.25, 0.3) is 0 Å². The van der Waals surface area contributed by atoms with Gasteiger partial charge < -0.3 is 15.3 Å². The average molecular weight is 249 g/mol. The summed E-state index contributed by atoms with van der Waals surface area (Å²) >= 11 is 0. The molecule has 1 fully saturated rings. The number of piperidine rings is 1. The highest BCUT2D eigenvalue weighted by Crippen LogP contribution is 2.11. The van der Waals surface area contributed by atoms with E-state index in [0.29, 0.717) is 6.04 Å². The number of hydrogen-bond acceptors (Lipinski definition) is 4. The van der Waals surface area contributed by atoms with Crippen LogP contribution in [0.3, 0.4) is 0 Å². The summed E-state index contributed by atoms with van der Waals surface area (Å²) in [6, 6.07) is 4.16. The molecular formula is C14H23N3O. The molecule has 18 heavy (non-hydrogen) atoms. The largest absolute Gasteiger partial charge is 0.506 e. The third-order valence-electron chi connectivity index (χ3n) is 3.51. The van der Waals surface area contributed by atoms with Gasteiger partial charge in [-0.3, -0.25) is 4.98 Å². The Kier molecular flexibility index (Phi) is 4.96. The van der Waals surface area contributed by atoms with Gasteiger partial charge >= 0.3 is 0 Å². The van der Waals surface area contributed by atoms with Crippen molar-refractivity contribution in [2.24, 2.45) is 0 Å². The van der Waals surface area contributed by atoms with Gasteiger partial charge in [0, 0.05) is 12.6 Å². The summed E-state index contributed by atoms with van der Waals surface area (Å²) in [5, 5.41) is 12.7. The molecule has 1 aliphatic heterocycles. The van der Waals surface area contributed by atoms with E-state index in [1.165, 1.54) is 45.1 Å². The maximum absolute atomic E-state index is 9.16. The van der Waals surface area contributed by atoms with Crippen LogP contribution in [0.2, 0.25) is 0 Å². The number of nitrogens with zero attached hydrogens (tertiary/aromatic N) is 2. The van der Waals surface area contributed by atoms with E-state index in [1.54, 1.807) is 6.07 Å². The summed E-state index contributed by atoms with van der Waals surface area (Å²) in [6.45, 7) is 6.66. The van der Waals surface area contributed by atoms with Crippen LogP contribution in [0.1, 0.15) is 31.9 Å². The first-order chi connectivity index (χ1) is 8.78. The Bertz CT molecular complexity index is 345. The fraction of sp³-hybridized carbons (Fsp3) is 0.643. The van der Waals surface area contributed by atoms with Crippen molar-refractivity contribution >= 4 is 0 Å². The zero-order valence-electron chi connectivity index (χ0n) is 11.1. The molecule has 0 aromatic carbocycles. The zero-order chi connectivity index (χ0) is 12.8. The third-order valence-corrected chi connectivity index (χ3v) is 3.51. The number of rotatable bonds is 5. The molecule has 0 unspecified atom stereocenters. The third kappa shape index (κ3) is 3.96. The normalized spacial score (nSPS) is 18.1. The fourth-order valence-electron chi connectivity index (χ4n) is 2.45. The second kappa shape index (κ2) is 6.71. The minimum absolute atomic E-state index is 0.228. The molecule has 0 radical (unpaired) electrons. The molecule has 2 heterocycles. The Morgan fingerprint density at radius 1 is 1.39 bits per heavy atom. The Labute approximate surface area is 109 Å². The average Bonchev–Trinajstić information content (AvgIpc) is 2.40. The molecule has 1 saturated heterocycles. The highest BCUT2D eigenvalue weighted by molar-refractivity contribution is 5.17. The molecule has 0 aliphatic carbocycles. The van der Waals surface area contributed by atoms with Gasteiger partial charge in [-0.2, -0.15) is 0 Å². The van der Waals surface area contributed by atoms with Crippen molar-refractivity contribution < 1.29 is 5.11 Å². The van der Waals surface area contributed by atoms with Gasteiger partial charge in [0.15, 0.2) is 0 Å². The van der Waals surface area contributed by atoms with Gasteiger partial charge in [0.2, 0.25) is 0 Å². The number of nitrogens with one attached hydrogen (secondary N) is 1. The fourth-order valence-corrected chi connectivity index (χ4v) is 2.45. The van der Waals surface area contributed by atoms with E-state index in [1.807, 2.05) is 6.07 Å². The molecule has 0 spiro atoms. The molecule has 1 aromatic rings. The van der Waals surface area contributed by atoms with Crippen molar-refractivity contribution in [2.45, 2.75) is 38.8 Å². The first-order valence-corrected chi connectivity index (χ1v) is 6.87. The van der Waals surface area contributed by atoms with Gasteiger partial charge in [-0.25, -0.2) is 0 Å². The predicted molar refractivity (Wildman–Crippen MR) is 72.5 cm³/mol. The molecule has 4 nitrogen and oxygen atoms in total. The van der Waals surface area contributed by atoms with Crippen molar-refractivity contribution in [2.75, 3.05) is 19.6 Å². The first-order valence-electron chi connectivity index (χ1n) is 6.87. The summed E-state index contributed by atoms with van der Waals surface area (Å²) in [7, 11) is 0. The molecule has 0 atom stereocenters. The lowest BCUT2D eigenvalue weighted by Crippen LogP contribution is -2.42. The Morgan fingerprint density at radius 3 is 2.78 bits per heavy atom. The standard InChI is InChI=1S/C14H23N3O/c1-2-7-17-8-5-12(6-9-17)15-10-13-3-4-14(18)11-16-13/h3-4,11-12,15,18H,2,5-10H2,1H3. The molecular weight excluding hydrogens is 226 g/mol. The van der Waals surface area contributed by atoms with Crippen molar-refractivity contribution in [1.82, 2.24) is 15.2 Å². The van der Waals surface area contributed by atoms with Crippen molar-refractivity contribution in [3.05, 3.63) is 24.0 Å². The van der Waals surface area contributed by atoms with E-state index in [2.05, 4.69) is 22.1 Å². The topological polar surface area (TPSA) is 48.4 Å².